The van der Waals surface area contributed by atoms with E-state index in [-0.39, 0.29) is 11.9 Å². The first-order chi connectivity index (χ1) is 8.68. The monoisotopic (exact) mass is 247 g/mol. The number of amides is 1. The second-order valence-electron chi connectivity index (χ2n) is 4.90. The van der Waals surface area contributed by atoms with Crippen LogP contribution in [0.2, 0.25) is 0 Å². The molecule has 0 saturated carbocycles. The van der Waals surface area contributed by atoms with Gasteiger partial charge in [0.15, 0.2) is 0 Å². The van der Waals surface area contributed by atoms with Gasteiger partial charge in [0.05, 0.1) is 11.4 Å². The second kappa shape index (κ2) is 5.76. The van der Waals surface area contributed by atoms with Crippen molar-refractivity contribution in [2.45, 2.75) is 25.3 Å². The zero-order valence-electron chi connectivity index (χ0n) is 11.1. The number of carbonyl (C=O) groups is 1. The Hall–Kier alpha value is -1.71. The Morgan fingerprint density at radius 3 is 2.83 bits per heavy atom. The van der Waals surface area contributed by atoms with Gasteiger partial charge in [-0.2, -0.15) is 0 Å². The van der Waals surface area contributed by atoms with Crippen LogP contribution in [0.4, 0.5) is 11.4 Å². The van der Waals surface area contributed by atoms with Gasteiger partial charge >= 0.3 is 0 Å². The molecule has 2 rings (SSSR count). The van der Waals surface area contributed by atoms with E-state index < -0.39 is 0 Å². The molecule has 0 bridgehead atoms. The summed E-state index contributed by atoms with van der Waals surface area (Å²) in [7, 11) is 4.02. The molecule has 18 heavy (non-hydrogen) atoms. The summed E-state index contributed by atoms with van der Waals surface area (Å²) in [5.74, 6) is 0.112. The maximum Gasteiger partial charge on any atom is 0.242 e. The summed E-state index contributed by atoms with van der Waals surface area (Å²) in [6, 6.07) is 7.95. The Balaban J connectivity index is 2.15. The summed E-state index contributed by atoms with van der Waals surface area (Å²) in [5.41, 5.74) is 2.12. The van der Waals surface area contributed by atoms with Crippen LogP contribution in [0.1, 0.15) is 19.3 Å². The van der Waals surface area contributed by atoms with Crippen LogP contribution >= 0.6 is 0 Å². The molecular weight excluding hydrogens is 226 g/mol. The lowest BCUT2D eigenvalue weighted by Crippen LogP contribution is -2.38. The normalized spacial score (nSPS) is 19.9. The number of hydrogen-bond acceptors (Lipinski definition) is 3. The SMILES string of the molecule is CN(C)c1ccccc1NC1CCCCNC1=O. The summed E-state index contributed by atoms with van der Waals surface area (Å²) >= 11 is 0. The van der Waals surface area contributed by atoms with Crippen molar-refractivity contribution >= 4 is 17.3 Å². The third-order valence-electron chi connectivity index (χ3n) is 3.25. The molecule has 2 N–H and O–H groups in total. The summed E-state index contributed by atoms with van der Waals surface area (Å²) in [6.45, 7) is 0.798. The highest BCUT2D eigenvalue weighted by atomic mass is 16.2. The highest BCUT2D eigenvalue weighted by Crippen LogP contribution is 2.25. The number of nitrogens with one attached hydrogen (secondary N) is 2. The van der Waals surface area contributed by atoms with Crippen molar-refractivity contribution in [3.63, 3.8) is 0 Å². The van der Waals surface area contributed by atoms with Gasteiger partial charge in [-0.1, -0.05) is 12.1 Å². The van der Waals surface area contributed by atoms with Gasteiger partial charge in [-0.25, -0.2) is 0 Å². The van der Waals surface area contributed by atoms with Gasteiger partial charge in [-0.05, 0) is 31.4 Å². The van der Waals surface area contributed by atoms with E-state index in [4.69, 9.17) is 0 Å². The number of anilines is 2. The topological polar surface area (TPSA) is 44.4 Å². The van der Waals surface area contributed by atoms with Crippen LogP contribution in [0.25, 0.3) is 0 Å². The van der Waals surface area contributed by atoms with Crippen molar-refractivity contribution in [1.29, 1.82) is 0 Å². The first-order valence-electron chi connectivity index (χ1n) is 6.49. The molecule has 0 aromatic heterocycles. The Labute approximate surface area is 108 Å². The second-order valence-corrected chi connectivity index (χ2v) is 4.90. The minimum absolute atomic E-state index is 0.112. The molecule has 1 saturated heterocycles. The van der Waals surface area contributed by atoms with E-state index in [0.29, 0.717) is 0 Å². The molecule has 1 heterocycles. The molecule has 1 fully saturated rings. The molecule has 1 amide bonds. The van der Waals surface area contributed by atoms with Crippen LogP contribution in [0.5, 0.6) is 0 Å². The van der Waals surface area contributed by atoms with E-state index in [2.05, 4.69) is 21.6 Å². The van der Waals surface area contributed by atoms with E-state index in [1.807, 2.05) is 32.3 Å². The van der Waals surface area contributed by atoms with Crippen molar-refractivity contribution in [1.82, 2.24) is 5.32 Å². The number of rotatable bonds is 3. The Morgan fingerprint density at radius 2 is 2.06 bits per heavy atom. The van der Waals surface area contributed by atoms with E-state index in [0.717, 1.165) is 37.2 Å². The molecule has 1 aromatic rings. The van der Waals surface area contributed by atoms with E-state index in [1.165, 1.54) is 0 Å². The number of para-hydroxylation sites is 2. The zero-order chi connectivity index (χ0) is 13.0. The van der Waals surface area contributed by atoms with Crippen LogP contribution in [0, 0.1) is 0 Å². The Kier molecular flexibility index (Phi) is 4.07. The maximum atomic E-state index is 11.9. The predicted octanol–water partition coefficient (Wildman–Crippen LogP) is 1.83. The molecule has 1 atom stereocenters. The lowest BCUT2D eigenvalue weighted by Gasteiger charge is -2.22. The number of hydrogen-bond donors (Lipinski definition) is 2. The van der Waals surface area contributed by atoms with Crippen LogP contribution < -0.4 is 15.5 Å². The largest absolute Gasteiger partial charge is 0.376 e. The Morgan fingerprint density at radius 1 is 1.28 bits per heavy atom. The van der Waals surface area contributed by atoms with Gasteiger partial charge < -0.3 is 15.5 Å². The minimum atomic E-state index is -0.117. The van der Waals surface area contributed by atoms with Gasteiger partial charge in [-0.15, -0.1) is 0 Å². The summed E-state index contributed by atoms with van der Waals surface area (Å²) < 4.78 is 0. The molecule has 4 nitrogen and oxygen atoms in total. The molecule has 1 unspecified atom stereocenters. The fourth-order valence-electron chi connectivity index (χ4n) is 2.25. The smallest absolute Gasteiger partial charge is 0.242 e. The summed E-state index contributed by atoms with van der Waals surface area (Å²) in [5, 5.41) is 6.32. The average Bonchev–Trinajstić information content (AvgIpc) is 2.55. The fourth-order valence-corrected chi connectivity index (χ4v) is 2.25. The van der Waals surface area contributed by atoms with Crippen molar-refractivity contribution in [3.05, 3.63) is 24.3 Å². The van der Waals surface area contributed by atoms with Crippen molar-refractivity contribution in [2.75, 3.05) is 30.9 Å². The van der Waals surface area contributed by atoms with Gasteiger partial charge in [0.1, 0.15) is 6.04 Å². The molecule has 0 spiro atoms. The molecule has 0 aliphatic carbocycles. The molecule has 0 radical (unpaired) electrons. The maximum absolute atomic E-state index is 11.9. The lowest BCUT2D eigenvalue weighted by molar-refractivity contribution is -0.121. The number of carbonyl (C=O) groups excluding carboxylic acids is 1. The van der Waals surface area contributed by atoms with Gasteiger partial charge in [0.25, 0.3) is 0 Å². The van der Waals surface area contributed by atoms with E-state index in [1.54, 1.807) is 0 Å². The summed E-state index contributed by atoms with van der Waals surface area (Å²) in [4.78, 5) is 14.0. The highest BCUT2D eigenvalue weighted by molar-refractivity contribution is 5.86. The van der Waals surface area contributed by atoms with Crippen molar-refractivity contribution in [2.24, 2.45) is 0 Å². The third kappa shape index (κ3) is 2.94. The molecule has 1 aliphatic rings. The zero-order valence-corrected chi connectivity index (χ0v) is 11.1. The van der Waals surface area contributed by atoms with Crippen LogP contribution in [-0.4, -0.2) is 32.6 Å². The highest BCUT2D eigenvalue weighted by Gasteiger charge is 2.21. The summed E-state index contributed by atoms with van der Waals surface area (Å²) in [6.07, 6.45) is 3.05. The average molecular weight is 247 g/mol. The number of benzene rings is 1. The van der Waals surface area contributed by atoms with Crippen LogP contribution in [0.3, 0.4) is 0 Å². The first-order valence-corrected chi connectivity index (χ1v) is 6.49. The molecular formula is C14H21N3O. The van der Waals surface area contributed by atoms with Crippen molar-refractivity contribution in [3.8, 4) is 0 Å². The molecule has 1 aromatic carbocycles. The van der Waals surface area contributed by atoms with Gasteiger partial charge in [0, 0.05) is 20.6 Å². The van der Waals surface area contributed by atoms with Crippen molar-refractivity contribution < 1.29 is 4.79 Å². The van der Waals surface area contributed by atoms with Gasteiger partial charge in [0.2, 0.25) is 5.91 Å². The van der Waals surface area contributed by atoms with Crippen LogP contribution in [0.15, 0.2) is 24.3 Å². The third-order valence-corrected chi connectivity index (χ3v) is 3.25. The Bertz CT molecular complexity index is 417. The minimum Gasteiger partial charge on any atom is -0.376 e. The molecule has 98 valence electrons. The lowest BCUT2D eigenvalue weighted by atomic mass is 10.1. The number of nitrogens with zero attached hydrogens (tertiary/aromatic N) is 1. The molecule has 4 heteroatoms. The molecule has 1 aliphatic heterocycles. The van der Waals surface area contributed by atoms with E-state index >= 15 is 0 Å². The standard InChI is InChI=1S/C14H21N3O/c1-17(2)13-9-4-3-7-11(13)16-12-8-5-6-10-15-14(12)18/h3-4,7,9,12,16H,5-6,8,10H2,1-2H3,(H,15,18). The van der Waals surface area contributed by atoms with Gasteiger partial charge in [-0.3, -0.25) is 4.79 Å². The quantitative estimate of drug-likeness (QED) is 0.856. The first kappa shape index (κ1) is 12.7. The fraction of sp³-hybridized carbons (Fsp3) is 0.500. The predicted molar refractivity (Wildman–Crippen MR) is 75.0 cm³/mol. The van der Waals surface area contributed by atoms with Crippen LogP contribution in [-0.2, 0) is 4.79 Å². The van der Waals surface area contributed by atoms with E-state index in [9.17, 15) is 4.79 Å².